The van der Waals surface area contributed by atoms with Gasteiger partial charge in [-0.05, 0) is 18.8 Å². The molecule has 1 aromatic carbocycles. The molecule has 114 valence electrons. The van der Waals surface area contributed by atoms with Crippen LogP contribution in [0.25, 0.3) is 0 Å². The second kappa shape index (κ2) is 4.77. The number of rotatable bonds is 5. The third kappa shape index (κ3) is 2.27. The van der Waals surface area contributed by atoms with Gasteiger partial charge in [0.25, 0.3) is 5.69 Å². The Balaban J connectivity index is 1.92. The van der Waals surface area contributed by atoms with Crippen LogP contribution in [0.3, 0.4) is 0 Å². The van der Waals surface area contributed by atoms with Crippen molar-refractivity contribution in [2.75, 3.05) is 32.2 Å². The van der Waals surface area contributed by atoms with Gasteiger partial charge in [0.1, 0.15) is 11.3 Å². The van der Waals surface area contributed by atoms with E-state index in [9.17, 15) is 15.2 Å². The van der Waals surface area contributed by atoms with Crippen LogP contribution in [0, 0.1) is 16.0 Å². The summed E-state index contributed by atoms with van der Waals surface area (Å²) in [5.74, 6) is 1.11. The van der Waals surface area contributed by atoms with Gasteiger partial charge in [-0.3, -0.25) is 10.1 Å². The zero-order valence-corrected chi connectivity index (χ0v) is 12.0. The van der Waals surface area contributed by atoms with Crippen molar-refractivity contribution in [3.05, 3.63) is 22.2 Å². The summed E-state index contributed by atoms with van der Waals surface area (Å²) < 4.78 is 10.3. The Morgan fingerprint density at radius 2 is 1.86 bits per heavy atom. The Hall–Kier alpha value is -2.02. The minimum Gasteiger partial charge on any atom is -0.493 e. The highest BCUT2D eigenvalue weighted by atomic mass is 16.6. The number of anilines is 1. The topological polar surface area (TPSA) is 85.1 Å². The Labute approximate surface area is 122 Å². The molecule has 21 heavy (non-hydrogen) atoms. The highest BCUT2D eigenvalue weighted by molar-refractivity contribution is 5.71. The lowest BCUT2D eigenvalue weighted by atomic mass is 9.88. The molecule has 0 spiro atoms. The third-order valence-corrected chi connectivity index (χ3v) is 4.28. The monoisotopic (exact) mass is 294 g/mol. The summed E-state index contributed by atoms with van der Waals surface area (Å²) in [5, 5.41) is 21.6. The summed E-state index contributed by atoms with van der Waals surface area (Å²) in [5.41, 5.74) is -0.269. The van der Waals surface area contributed by atoms with E-state index in [-0.39, 0.29) is 5.69 Å². The van der Waals surface area contributed by atoms with E-state index in [1.54, 1.807) is 6.07 Å². The molecule has 7 nitrogen and oxygen atoms in total. The zero-order chi connectivity index (χ0) is 15.2. The number of methoxy groups -OCH3 is 2. The minimum absolute atomic E-state index is 0.0366. The fourth-order valence-corrected chi connectivity index (χ4v) is 2.92. The quantitative estimate of drug-likeness (QED) is 0.655. The molecule has 0 atom stereocenters. The maximum absolute atomic E-state index is 11.3. The Kier molecular flexibility index (Phi) is 3.16. The molecule has 0 aromatic heterocycles. The van der Waals surface area contributed by atoms with Gasteiger partial charge in [-0.2, -0.15) is 0 Å². The second-order valence-electron chi connectivity index (χ2n) is 5.69. The van der Waals surface area contributed by atoms with Gasteiger partial charge in [-0.1, -0.05) is 0 Å². The first-order valence-corrected chi connectivity index (χ1v) is 6.86. The van der Waals surface area contributed by atoms with Crippen LogP contribution >= 0.6 is 0 Å². The molecule has 0 unspecified atom stereocenters. The molecular weight excluding hydrogens is 276 g/mol. The van der Waals surface area contributed by atoms with Crippen LogP contribution in [-0.2, 0) is 0 Å². The van der Waals surface area contributed by atoms with Gasteiger partial charge < -0.3 is 19.5 Å². The summed E-state index contributed by atoms with van der Waals surface area (Å²) in [7, 11) is 2.93. The molecular formula is C14H18N2O5. The van der Waals surface area contributed by atoms with Crippen LogP contribution in [-0.4, -0.2) is 42.9 Å². The van der Waals surface area contributed by atoms with E-state index in [1.807, 2.05) is 4.90 Å². The van der Waals surface area contributed by atoms with Crippen molar-refractivity contribution in [3.63, 3.8) is 0 Å². The molecule has 0 bridgehead atoms. The van der Waals surface area contributed by atoms with Crippen LogP contribution in [0.1, 0.15) is 12.8 Å². The molecule has 1 heterocycles. The summed E-state index contributed by atoms with van der Waals surface area (Å²) in [6, 6.07) is 2.96. The Bertz CT molecular complexity index is 579. The molecule has 1 saturated heterocycles. The summed E-state index contributed by atoms with van der Waals surface area (Å²) in [6.07, 6.45) is 2.08. The fraction of sp³-hybridized carbons (Fsp3) is 0.571. The van der Waals surface area contributed by atoms with E-state index in [4.69, 9.17) is 9.47 Å². The first kappa shape index (κ1) is 13.9. The van der Waals surface area contributed by atoms with Crippen LogP contribution in [0.2, 0.25) is 0 Å². The number of β-amino-alcohol motifs (C(OH)–C–C–N with tert-alkyl or cyclic N) is 1. The number of aliphatic hydroxyl groups is 1. The predicted molar refractivity (Wildman–Crippen MR) is 76.1 cm³/mol. The van der Waals surface area contributed by atoms with Gasteiger partial charge in [-0.25, -0.2) is 0 Å². The lowest BCUT2D eigenvalue weighted by molar-refractivity contribution is -0.384. The van der Waals surface area contributed by atoms with E-state index in [0.717, 1.165) is 12.8 Å². The molecule has 3 rings (SSSR count). The first-order valence-electron chi connectivity index (χ1n) is 6.86. The number of nitrogens with zero attached hydrogens (tertiary/aromatic N) is 2. The van der Waals surface area contributed by atoms with Gasteiger partial charge in [0.05, 0.1) is 25.2 Å². The number of nitro groups is 1. The van der Waals surface area contributed by atoms with Crippen molar-refractivity contribution in [1.82, 2.24) is 0 Å². The van der Waals surface area contributed by atoms with Crippen molar-refractivity contribution in [2.24, 2.45) is 5.92 Å². The molecule has 2 fully saturated rings. The maximum atomic E-state index is 11.3. The summed E-state index contributed by atoms with van der Waals surface area (Å²) in [6.45, 7) is 0.849. The van der Waals surface area contributed by atoms with Crippen LogP contribution in [0.4, 0.5) is 11.4 Å². The van der Waals surface area contributed by atoms with Gasteiger partial charge in [0.2, 0.25) is 0 Å². The van der Waals surface area contributed by atoms with E-state index in [0.29, 0.717) is 36.2 Å². The van der Waals surface area contributed by atoms with Gasteiger partial charge in [-0.15, -0.1) is 0 Å². The first-order chi connectivity index (χ1) is 9.98. The molecule has 1 aromatic rings. The predicted octanol–water partition coefficient (Wildman–Crippen LogP) is 1.57. The number of hydrogen-bond acceptors (Lipinski definition) is 6. The third-order valence-electron chi connectivity index (χ3n) is 4.28. The number of hydrogen-bond donors (Lipinski definition) is 1. The standard InChI is InChI=1S/C14H18N2O5/c1-20-12-5-10(11(16(18)19)6-13(12)21-2)15-7-14(17,8-15)9-3-4-9/h5-6,9,17H,3-4,7-8H2,1-2H3. The minimum atomic E-state index is -0.693. The van der Waals surface area contributed by atoms with Crippen molar-refractivity contribution in [2.45, 2.75) is 18.4 Å². The average Bonchev–Trinajstić information content (AvgIpc) is 3.27. The highest BCUT2D eigenvalue weighted by Crippen LogP contribution is 2.48. The van der Waals surface area contributed by atoms with Crippen molar-refractivity contribution < 1.29 is 19.5 Å². The van der Waals surface area contributed by atoms with Crippen LogP contribution in [0.5, 0.6) is 11.5 Å². The molecule has 7 heteroatoms. The lowest BCUT2D eigenvalue weighted by Crippen LogP contribution is -2.63. The average molecular weight is 294 g/mol. The van der Waals surface area contributed by atoms with Crippen LogP contribution in [0.15, 0.2) is 12.1 Å². The molecule has 1 aliphatic heterocycles. The van der Waals surface area contributed by atoms with Gasteiger partial charge in [0.15, 0.2) is 11.5 Å². The summed E-state index contributed by atoms with van der Waals surface area (Å²) in [4.78, 5) is 12.6. The smallest absolute Gasteiger partial charge is 0.296 e. The van der Waals surface area contributed by atoms with Crippen molar-refractivity contribution in [1.29, 1.82) is 0 Å². The molecule has 0 amide bonds. The van der Waals surface area contributed by atoms with Crippen molar-refractivity contribution >= 4 is 11.4 Å². The van der Waals surface area contributed by atoms with Crippen molar-refractivity contribution in [3.8, 4) is 11.5 Å². The largest absolute Gasteiger partial charge is 0.493 e. The van der Waals surface area contributed by atoms with E-state index < -0.39 is 10.5 Å². The molecule has 1 aliphatic carbocycles. The van der Waals surface area contributed by atoms with E-state index >= 15 is 0 Å². The zero-order valence-electron chi connectivity index (χ0n) is 12.0. The molecule has 1 N–H and O–H groups in total. The highest BCUT2D eigenvalue weighted by Gasteiger charge is 2.53. The van der Waals surface area contributed by atoms with Gasteiger partial charge >= 0.3 is 0 Å². The lowest BCUT2D eigenvalue weighted by Gasteiger charge is -2.48. The van der Waals surface area contributed by atoms with Crippen LogP contribution < -0.4 is 14.4 Å². The SMILES string of the molecule is COc1cc(N2CC(O)(C3CC3)C2)c([N+](=O)[O-])cc1OC. The fourth-order valence-electron chi connectivity index (χ4n) is 2.92. The number of ether oxygens (including phenoxy) is 2. The van der Waals surface area contributed by atoms with Gasteiger partial charge in [0, 0.05) is 19.2 Å². The second-order valence-corrected chi connectivity index (χ2v) is 5.69. The molecule has 1 saturated carbocycles. The van der Waals surface area contributed by atoms with E-state index in [1.165, 1.54) is 20.3 Å². The van der Waals surface area contributed by atoms with E-state index in [2.05, 4.69) is 0 Å². The summed E-state index contributed by atoms with van der Waals surface area (Å²) >= 11 is 0. The number of nitro benzene ring substituents is 1. The molecule has 0 radical (unpaired) electrons. The normalized spacial score (nSPS) is 19.9. The number of benzene rings is 1. The Morgan fingerprint density at radius 3 is 2.33 bits per heavy atom. The Morgan fingerprint density at radius 1 is 1.29 bits per heavy atom. The molecule has 2 aliphatic rings. The maximum Gasteiger partial charge on any atom is 0.296 e.